The normalized spacial score (nSPS) is 17.2. The van der Waals surface area contributed by atoms with E-state index in [-0.39, 0.29) is 23.8 Å². The fraction of sp³-hybridized carbons (Fsp3) is 0.240. The van der Waals surface area contributed by atoms with Crippen LogP contribution in [0.25, 0.3) is 11.1 Å². The molecule has 1 aromatic carbocycles. The van der Waals surface area contributed by atoms with Crippen molar-refractivity contribution >= 4 is 23.2 Å². The summed E-state index contributed by atoms with van der Waals surface area (Å²) in [4.78, 5) is 34.4. The van der Waals surface area contributed by atoms with E-state index in [2.05, 4.69) is 27.4 Å². The average molecular weight is 425 g/mol. The number of Topliss-reactive ketones (excluding diaryl/α,β-unsaturated/α-hetero) is 1. The number of ketones is 1. The van der Waals surface area contributed by atoms with Crippen LogP contribution in [0.1, 0.15) is 54.8 Å². The van der Waals surface area contributed by atoms with Crippen molar-refractivity contribution < 1.29 is 9.59 Å². The minimum Gasteiger partial charge on any atom is -0.363 e. The first kappa shape index (κ1) is 21.2. The van der Waals surface area contributed by atoms with Crippen LogP contribution in [0.15, 0.2) is 54.9 Å². The third-order valence-electron chi connectivity index (χ3n) is 5.69. The number of hydrogen-bond acceptors (Lipinski definition) is 6. The Morgan fingerprint density at radius 2 is 1.84 bits per heavy atom. The van der Waals surface area contributed by atoms with E-state index in [4.69, 9.17) is 5.26 Å². The maximum absolute atomic E-state index is 12.4. The predicted octanol–water partition coefficient (Wildman–Crippen LogP) is 4.52. The number of hydrogen-bond donors (Lipinski definition) is 1. The topological polar surface area (TPSA) is 99.0 Å². The van der Waals surface area contributed by atoms with E-state index >= 15 is 0 Å². The number of carbonyl (C=O) groups is 2. The summed E-state index contributed by atoms with van der Waals surface area (Å²) < 4.78 is 0. The van der Waals surface area contributed by atoms with Gasteiger partial charge in [0.05, 0.1) is 11.6 Å². The molecule has 1 aliphatic heterocycles. The van der Waals surface area contributed by atoms with E-state index in [1.54, 1.807) is 31.3 Å². The van der Waals surface area contributed by atoms with Crippen molar-refractivity contribution in [3.8, 4) is 17.2 Å². The summed E-state index contributed by atoms with van der Waals surface area (Å²) in [6.07, 6.45) is 3.94. The molecular weight excluding hydrogens is 402 g/mol. The number of benzene rings is 1. The van der Waals surface area contributed by atoms with Gasteiger partial charge in [-0.3, -0.25) is 14.6 Å². The molecule has 1 aliphatic rings. The van der Waals surface area contributed by atoms with Gasteiger partial charge in [-0.15, -0.1) is 0 Å². The molecule has 160 valence electrons. The molecule has 0 radical (unpaired) electrons. The van der Waals surface area contributed by atoms with Crippen molar-refractivity contribution in [3.63, 3.8) is 0 Å². The Morgan fingerprint density at radius 3 is 2.44 bits per heavy atom. The number of rotatable bonds is 4. The first-order valence-electron chi connectivity index (χ1n) is 10.4. The minimum atomic E-state index is -0.0766. The molecule has 0 aliphatic carbocycles. The first-order valence-corrected chi connectivity index (χ1v) is 10.4. The zero-order valence-electron chi connectivity index (χ0n) is 18.2. The number of fused-ring (bicyclic) bond motifs is 1. The number of amides is 1. The molecule has 0 fully saturated rings. The molecule has 32 heavy (non-hydrogen) atoms. The van der Waals surface area contributed by atoms with Gasteiger partial charge in [0, 0.05) is 43.5 Å². The lowest BCUT2D eigenvalue weighted by Gasteiger charge is -2.39. The largest absolute Gasteiger partial charge is 0.363 e. The van der Waals surface area contributed by atoms with Gasteiger partial charge in [-0.2, -0.15) is 5.26 Å². The lowest BCUT2D eigenvalue weighted by atomic mass is 9.89. The van der Waals surface area contributed by atoms with Gasteiger partial charge < -0.3 is 10.2 Å². The Labute approximate surface area is 186 Å². The second-order valence-corrected chi connectivity index (χ2v) is 7.98. The zero-order chi connectivity index (χ0) is 22.8. The van der Waals surface area contributed by atoms with Gasteiger partial charge in [0.25, 0.3) is 0 Å². The number of anilines is 2. The highest BCUT2D eigenvalue weighted by molar-refractivity contribution is 5.94. The Balaban J connectivity index is 1.74. The summed E-state index contributed by atoms with van der Waals surface area (Å²) in [5, 5.41) is 12.5. The summed E-state index contributed by atoms with van der Waals surface area (Å²) in [5.41, 5.74) is 4.61. The molecule has 4 rings (SSSR count). The van der Waals surface area contributed by atoms with E-state index < -0.39 is 0 Å². The van der Waals surface area contributed by atoms with Crippen molar-refractivity contribution in [3.05, 3.63) is 71.7 Å². The lowest BCUT2D eigenvalue weighted by Crippen LogP contribution is -2.43. The average Bonchev–Trinajstić information content (AvgIpc) is 2.79. The van der Waals surface area contributed by atoms with Crippen molar-refractivity contribution in [2.75, 3.05) is 10.2 Å². The number of nitriles is 1. The van der Waals surface area contributed by atoms with Crippen molar-refractivity contribution in [2.45, 2.75) is 39.3 Å². The number of nitrogens with one attached hydrogen (secondary N) is 1. The van der Waals surface area contributed by atoms with Crippen LogP contribution in [0, 0.1) is 11.3 Å². The third-order valence-corrected chi connectivity index (χ3v) is 5.69. The molecule has 2 atom stereocenters. The highest BCUT2D eigenvalue weighted by atomic mass is 16.2. The Morgan fingerprint density at radius 1 is 1.06 bits per heavy atom. The standard InChI is InChI=1S/C25H23N5O2/c1-15-10-23(29-25-9-4-18(12-26)13-28-25)21-11-19(6-8-24(21)30(15)17(3)32)20-5-7-22(16(2)31)27-14-20/h4-9,11,13-15,23H,10H2,1-3H3,(H,28,29)/t15-,23+/m0/s1. The van der Waals surface area contributed by atoms with E-state index in [1.807, 2.05) is 30.0 Å². The summed E-state index contributed by atoms with van der Waals surface area (Å²) in [6, 6.07) is 15.1. The van der Waals surface area contributed by atoms with Crippen LogP contribution in [-0.4, -0.2) is 27.7 Å². The molecule has 3 heterocycles. The number of aromatic nitrogens is 2. The van der Waals surface area contributed by atoms with Gasteiger partial charge in [0.15, 0.2) is 5.78 Å². The quantitative estimate of drug-likeness (QED) is 0.617. The van der Waals surface area contributed by atoms with E-state index in [0.717, 1.165) is 22.4 Å². The Kier molecular flexibility index (Phi) is 5.69. The van der Waals surface area contributed by atoms with E-state index in [9.17, 15) is 9.59 Å². The van der Waals surface area contributed by atoms with Crippen molar-refractivity contribution in [1.82, 2.24) is 9.97 Å². The van der Waals surface area contributed by atoms with Crippen LogP contribution >= 0.6 is 0 Å². The Bertz CT molecular complexity index is 1210. The molecule has 1 amide bonds. The maximum atomic E-state index is 12.4. The monoisotopic (exact) mass is 425 g/mol. The van der Waals surface area contributed by atoms with Gasteiger partial charge >= 0.3 is 0 Å². The second-order valence-electron chi connectivity index (χ2n) is 7.98. The second kappa shape index (κ2) is 8.60. The highest BCUT2D eigenvalue weighted by Gasteiger charge is 2.32. The van der Waals surface area contributed by atoms with Gasteiger partial charge in [-0.1, -0.05) is 12.1 Å². The molecule has 1 N–H and O–H groups in total. The molecule has 0 saturated carbocycles. The van der Waals surface area contributed by atoms with Gasteiger partial charge in [-0.05, 0) is 54.8 Å². The van der Waals surface area contributed by atoms with Crippen molar-refractivity contribution in [2.24, 2.45) is 0 Å². The van der Waals surface area contributed by atoms with Crippen LogP contribution in [-0.2, 0) is 4.79 Å². The van der Waals surface area contributed by atoms with Gasteiger partial charge in [-0.25, -0.2) is 4.98 Å². The predicted molar refractivity (Wildman–Crippen MR) is 122 cm³/mol. The van der Waals surface area contributed by atoms with Crippen LogP contribution in [0.5, 0.6) is 0 Å². The summed E-state index contributed by atoms with van der Waals surface area (Å²) in [5.74, 6) is 0.586. The molecule has 7 heteroatoms. The van der Waals surface area contributed by atoms with Crippen molar-refractivity contribution in [1.29, 1.82) is 5.26 Å². The van der Waals surface area contributed by atoms with Crippen LogP contribution in [0.2, 0.25) is 0 Å². The molecule has 0 spiro atoms. The number of pyridine rings is 2. The van der Waals surface area contributed by atoms with Gasteiger partial charge in [0.2, 0.25) is 5.91 Å². The van der Waals surface area contributed by atoms with Gasteiger partial charge in [0.1, 0.15) is 17.6 Å². The summed E-state index contributed by atoms with van der Waals surface area (Å²) in [6.45, 7) is 5.10. The molecule has 0 bridgehead atoms. The number of nitrogens with zero attached hydrogens (tertiary/aromatic N) is 4. The van der Waals surface area contributed by atoms with E-state index in [1.165, 1.54) is 13.1 Å². The maximum Gasteiger partial charge on any atom is 0.224 e. The molecular formula is C25H23N5O2. The minimum absolute atomic E-state index is 0.00562. The smallest absolute Gasteiger partial charge is 0.224 e. The molecule has 0 unspecified atom stereocenters. The Hall–Kier alpha value is -4.05. The first-order chi connectivity index (χ1) is 15.4. The third kappa shape index (κ3) is 4.08. The molecule has 2 aromatic heterocycles. The fourth-order valence-corrected chi connectivity index (χ4v) is 4.16. The van der Waals surface area contributed by atoms with Crippen LogP contribution < -0.4 is 10.2 Å². The summed E-state index contributed by atoms with van der Waals surface area (Å²) in [7, 11) is 0. The summed E-state index contributed by atoms with van der Waals surface area (Å²) >= 11 is 0. The van der Waals surface area contributed by atoms with Crippen LogP contribution in [0.4, 0.5) is 11.5 Å². The SMILES string of the molecule is CC(=O)c1ccc(-c2ccc3c(c2)[C@H](Nc2ccc(C#N)cn2)C[C@H](C)N3C(C)=O)cn1. The van der Waals surface area contributed by atoms with Crippen LogP contribution in [0.3, 0.4) is 0 Å². The fourth-order valence-electron chi connectivity index (χ4n) is 4.16. The molecule has 7 nitrogen and oxygen atoms in total. The molecule has 3 aromatic rings. The van der Waals surface area contributed by atoms with E-state index in [0.29, 0.717) is 23.5 Å². The zero-order valence-corrected chi connectivity index (χ0v) is 18.2. The highest BCUT2D eigenvalue weighted by Crippen LogP contribution is 2.40. The lowest BCUT2D eigenvalue weighted by molar-refractivity contribution is -0.117. The molecule has 0 saturated heterocycles. The number of carbonyl (C=O) groups excluding carboxylic acids is 2.